The molecular weight excluding hydrogens is 220 g/mol. The maximum absolute atomic E-state index is 11.0. The first kappa shape index (κ1) is 9.83. The van der Waals surface area contributed by atoms with Gasteiger partial charge in [-0.15, -0.1) is 0 Å². The molecule has 0 bridgehead atoms. The zero-order chi connectivity index (χ0) is 12.0. The lowest BCUT2D eigenvalue weighted by Gasteiger charge is -2.28. The van der Waals surface area contributed by atoms with Gasteiger partial charge in [0.15, 0.2) is 5.69 Å². The molecule has 0 aromatic carbocycles. The van der Waals surface area contributed by atoms with Gasteiger partial charge in [-0.3, -0.25) is 9.55 Å². The Bertz CT molecular complexity index is 605. The average molecular weight is 230 g/mol. The van der Waals surface area contributed by atoms with Crippen molar-refractivity contribution in [2.75, 3.05) is 11.9 Å². The summed E-state index contributed by atoms with van der Waals surface area (Å²) in [6, 6.07) is 1.90. The van der Waals surface area contributed by atoms with Gasteiger partial charge in [0.05, 0.1) is 29.8 Å². The van der Waals surface area contributed by atoms with E-state index in [0.717, 1.165) is 11.4 Å². The largest absolute Gasteiger partial charge is 0.476 e. The molecule has 17 heavy (non-hydrogen) atoms. The minimum Gasteiger partial charge on any atom is -0.476 e. The number of nitrogens with zero attached hydrogens (tertiary/aromatic N) is 4. The van der Waals surface area contributed by atoms with Crippen LogP contribution in [0, 0.1) is 0 Å². The molecule has 1 aliphatic heterocycles. The van der Waals surface area contributed by atoms with Crippen LogP contribution < -0.4 is 4.90 Å². The van der Waals surface area contributed by atoms with Crippen molar-refractivity contribution in [3.63, 3.8) is 0 Å². The molecule has 0 atom stereocenters. The molecule has 2 aromatic rings. The van der Waals surface area contributed by atoms with Crippen LogP contribution >= 0.6 is 0 Å². The second-order valence-electron chi connectivity index (χ2n) is 3.94. The van der Waals surface area contributed by atoms with Crippen LogP contribution in [-0.4, -0.2) is 32.7 Å². The van der Waals surface area contributed by atoms with E-state index in [4.69, 9.17) is 5.11 Å². The summed E-state index contributed by atoms with van der Waals surface area (Å²) in [4.78, 5) is 21.0. The number of aromatic nitrogens is 3. The van der Waals surface area contributed by atoms with E-state index in [9.17, 15) is 4.79 Å². The zero-order valence-corrected chi connectivity index (χ0v) is 9.16. The number of carbonyl (C=O) groups is 1. The van der Waals surface area contributed by atoms with E-state index in [1.807, 2.05) is 18.0 Å². The van der Waals surface area contributed by atoms with E-state index >= 15 is 0 Å². The van der Waals surface area contributed by atoms with Crippen molar-refractivity contribution < 1.29 is 9.90 Å². The lowest BCUT2D eigenvalue weighted by molar-refractivity contribution is 0.0689. The smallest absolute Gasteiger partial charge is 0.356 e. The normalized spacial score (nSPS) is 13.1. The van der Waals surface area contributed by atoms with Gasteiger partial charge in [0.25, 0.3) is 0 Å². The van der Waals surface area contributed by atoms with Crippen LogP contribution in [0.3, 0.4) is 0 Å². The topological polar surface area (TPSA) is 71.2 Å². The molecule has 0 radical (unpaired) electrons. The van der Waals surface area contributed by atoms with Gasteiger partial charge in [0.1, 0.15) is 6.33 Å². The average Bonchev–Trinajstić information content (AvgIpc) is 2.73. The van der Waals surface area contributed by atoms with Crippen molar-refractivity contribution in [2.45, 2.75) is 6.54 Å². The molecule has 0 fully saturated rings. The number of aromatic carboxylic acids is 1. The van der Waals surface area contributed by atoms with Crippen LogP contribution in [-0.2, 0) is 6.54 Å². The number of carboxylic acids is 1. The minimum absolute atomic E-state index is 0.103. The van der Waals surface area contributed by atoms with Gasteiger partial charge in [-0.25, -0.2) is 9.78 Å². The van der Waals surface area contributed by atoms with E-state index in [0.29, 0.717) is 12.2 Å². The molecule has 0 amide bonds. The first-order valence-corrected chi connectivity index (χ1v) is 5.13. The highest BCUT2D eigenvalue weighted by atomic mass is 16.4. The van der Waals surface area contributed by atoms with Crippen molar-refractivity contribution in [3.8, 4) is 5.69 Å². The number of carboxylic acid groups (broad SMARTS) is 1. The van der Waals surface area contributed by atoms with Crippen molar-refractivity contribution in [1.29, 1.82) is 0 Å². The Morgan fingerprint density at radius 3 is 3.06 bits per heavy atom. The minimum atomic E-state index is -1.00. The number of imidazole rings is 1. The summed E-state index contributed by atoms with van der Waals surface area (Å²) in [5.74, 6) is -1.00. The third-order valence-electron chi connectivity index (χ3n) is 2.90. The second kappa shape index (κ2) is 3.31. The highest BCUT2D eigenvalue weighted by Gasteiger charge is 2.25. The van der Waals surface area contributed by atoms with Crippen LogP contribution in [0.1, 0.15) is 16.2 Å². The maximum atomic E-state index is 11.0. The number of anilines is 1. The molecule has 86 valence electrons. The van der Waals surface area contributed by atoms with Crippen LogP contribution in [0.2, 0.25) is 0 Å². The Hall–Kier alpha value is -2.37. The quantitative estimate of drug-likeness (QED) is 0.788. The number of fused-ring (bicyclic) bond motifs is 3. The van der Waals surface area contributed by atoms with Crippen molar-refractivity contribution in [2.24, 2.45) is 0 Å². The Balaban J connectivity index is 2.26. The molecule has 0 saturated heterocycles. The van der Waals surface area contributed by atoms with E-state index in [1.54, 1.807) is 17.0 Å². The molecule has 1 aliphatic rings. The fourth-order valence-electron chi connectivity index (χ4n) is 2.11. The molecule has 1 N–H and O–H groups in total. The Morgan fingerprint density at radius 2 is 2.29 bits per heavy atom. The number of hydrogen-bond acceptors (Lipinski definition) is 4. The van der Waals surface area contributed by atoms with E-state index in [1.165, 1.54) is 6.33 Å². The summed E-state index contributed by atoms with van der Waals surface area (Å²) in [7, 11) is 1.92. The lowest BCUT2D eigenvalue weighted by atomic mass is 10.2. The highest BCUT2D eigenvalue weighted by molar-refractivity contribution is 5.87. The van der Waals surface area contributed by atoms with Gasteiger partial charge in [-0.2, -0.15) is 0 Å². The standard InChI is InChI=1S/C11H10N4O2/c1-14-5-9-10(11(16)17)13-6-15(9)8-4-12-3-2-7(8)14/h2-4,6H,5H2,1H3,(H,16,17). The highest BCUT2D eigenvalue weighted by Crippen LogP contribution is 2.30. The van der Waals surface area contributed by atoms with Crippen molar-refractivity contribution in [3.05, 3.63) is 36.2 Å². The molecule has 3 rings (SSSR count). The Morgan fingerprint density at radius 1 is 1.47 bits per heavy atom. The van der Waals surface area contributed by atoms with Gasteiger partial charge in [-0.05, 0) is 6.07 Å². The number of pyridine rings is 1. The summed E-state index contributed by atoms with van der Waals surface area (Å²) < 4.78 is 1.78. The van der Waals surface area contributed by atoms with Crippen molar-refractivity contribution >= 4 is 11.7 Å². The van der Waals surface area contributed by atoms with Gasteiger partial charge >= 0.3 is 5.97 Å². The van der Waals surface area contributed by atoms with E-state index in [2.05, 4.69) is 9.97 Å². The third-order valence-corrected chi connectivity index (χ3v) is 2.90. The van der Waals surface area contributed by atoms with Crippen molar-refractivity contribution in [1.82, 2.24) is 14.5 Å². The lowest BCUT2D eigenvalue weighted by Crippen LogP contribution is -2.26. The fourth-order valence-corrected chi connectivity index (χ4v) is 2.11. The summed E-state index contributed by atoms with van der Waals surface area (Å²) >= 11 is 0. The fraction of sp³-hybridized carbons (Fsp3) is 0.182. The number of hydrogen-bond donors (Lipinski definition) is 1. The maximum Gasteiger partial charge on any atom is 0.356 e. The monoisotopic (exact) mass is 230 g/mol. The molecular formula is C11H10N4O2. The zero-order valence-electron chi connectivity index (χ0n) is 9.16. The summed E-state index contributed by atoms with van der Waals surface area (Å²) in [5, 5.41) is 9.05. The van der Waals surface area contributed by atoms with Gasteiger partial charge in [0, 0.05) is 13.2 Å². The first-order chi connectivity index (χ1) is 8.18. The van der Waals surface area contributed by atoms with Gasteiger partial charge in [-0.1, -0.05) is 0 Å². The molecule has 6 heteroatoms. The third kappa shape index (κ3) is 1.30. The molecule has 2 aromatic heterocycles. The summed E-state index contributed by atoms with van der Waals surface area (Å²) in [5.41, 5.74) is 2.66. The Labute approximate surface area is 97.2 Å². The predicted octanol–water partition coefficient (Wildman–Crippen LogP) is 0.915. The van der Waals surface area contributed by atoms with Crippen LogP contribution in [0.5, 0.6) is 0 Å². The first-order valence-electron chi connectivity index (χ1n) is 5.13. The van der Waals surface area contributed by atoms with E-state index < -0.39 is 5.97 Å². The summed E-state index contributed by atoms with van der Waals surface area (Å²) in [6.45, 7) is 0.526. The molecule has 6 nitrogen and oxygen atoms in total. The van der Waals surface area contributed by atoms with E-state index in [-0.39, 0.29) is 5.69 Å². The van der Waals surface area contributed by atoms with Gasteiger partial charge in [0.2, 0.25) is 0 Å². The number of rotatable bonds is 1. The molecule has 0 saturated carbocycles. The Kier molecular flexibility index (Phi) is 1.91. The molecule has 3 heterocycles. The summed E-state index contributed by atoms with van der Waals surface area (Å²) in [6.07, 6.45) is 4.96. The SMILES string of the molecule is CN1Cc2c(C(=O)O)ncn2-c2cnccc21. The van der Waals surface area contributed by atoms with Crippen LogP contribution in [0.4, 0.5) is 5.69 Å². The van der Waals surface area contributed by atoms with Crippen LogP contribution in [0.25, 0.3) is 5.69 Å². The molecule has 0 unspecified atom stereocenters. The van der Waals surface area contributed by atoms with Crippen LogP contribution in [0.15, 0.2) is 24.8 Å². The predicted molar refractivity (Wildman–Crippen MR) is 60.4 cm³/mol. The molecule has 0 aliphatic carbocycles. The molecule has 0 spiro atoms. The second-order valence-corrected chi connectivity index (χ2v) is 3.94. The van der Waals surface area contributed by atoms with Gasteiger partial charge < -0.3 is 10.0 Å².